The summed E-state index contributed by atoms with van der Waals surface area (Å²) >= 11 is 0. The second-order valence-corrected chi connectivity index (χ2v) is 31.9. The first-order valence-corrected chi connectivity index (χ1v) is 17.7. The lowest BCUT2D eigenvalue weighted by Crippen LogP contribution is -2.75. The van der Waals surface area contributed by atoms with Crippen LogP contribution >= 0.6 is 0 Å². The van der Waals surface area contributed by atoms with Crippen molar-refractivity contribution in [2.45, 2.75) is 91.7 Å². The fraction of sp³-hybridized carbons (Fsp3) is 1.00. The van der Waals surface area contributed by atoms with Gasteiger partial charge in [0.15, 0.2) is 0 Å². The summed E-state index contributed by atoms with van der Waals surface area (Å²) in [5.41, 5.74) is 0. The van der Waals surface area contributed by atoms with Crippen molar-refractivity contribution in [3.63, 3.8) is 0 Å². The van der Waals surface area contributed by atoms with E-state index < -0.39 is 23.2 Å². The Hall–Kier alpha value is 0.611. The smallest absolute Gasteiger partial charge is 0.114 e. The fourth-order valence-corrected chi connectivity index (χ4v) is 44.4. The van der Waals surface area contributed by atoms with Crippen molar-refractivity contribution in [1.82, 2.24) is 4.57 Å². The molecule has 0 aliphatic heterocycles. The van der Waals surface area contributed by atoms with Crippen molar-refractivity contribution in [3.8, 4) is 0 Å². The minimum Gasteiger partial charge on any atom is -0.329 e. The molecule has 20 heavy (non-hydrogen) atoms. The van der Waals surface area contributed by atoms with Crippen LogP contribution in [0.3, 0.4) is 0 Å². The third kappa shape index (κ3) is 3.87. The topological polar surface area (TPSA) is 3.24 Å². The normalized spacial score (nSPS) is 15.3. The Labute approximate surface area is 132 Å². The monoisotopic (exact) mass is 330 g/mol. The molecule has 0 aromatic rings. The summed E-state index contributed by atoms with van der Waals surface area (Å²) in [6.45, 7) is 32.9. The summed E-state index contributed by atoms with van der Waals surface area (Å²) in [4.78, 5) is 0. The van der Waals surface area contributed by atoms with Crippen LogP contribution in [-0.4, -0.2) is 40.8 Å². The largest absolute Gasteiger partial charge is 0.329 e. The quantitative estimate of drug-likeness (QED) is 0.602. The second kappa shape index (κ2) is 6.39. The van der Waals surface area contributed by atoms with Gasteiger partial charge in [0.2, 0.25) is 0 Å². The molecule has 1 nitrogen and oxygen atoms in total. The van der Waals surface area contributed by atoms with Gasteiger partial charge in [0.25, 0.3) is 0 Å². The van der Waals surface area contributed by atoms with Crippen molar-refractivity contribution in [2.75, 3.05) is 13.1 Å². The Kier molecular flexibility index (Phi) is 6.58. The average Bonchev–Trinajstić information content (AvgIpc) is 2.21. The molecule has 0 aromatic carbocycles. The number of hydrogen-bond acceptors (Lipinski definition) is 1. The van der Waals surface area contributed by atoms with Crippen molar-refractivity contribution >= 4 is 23.2 Å². The van der Waals surface area contributed by atoms with Gasteiger partial charge in [0.05, 0.1) is 15.2 Å². The highest BCUT2D eigenvalue weighted by atomic mass is 29.6. The van der Waals surface area contributed by atoms with E-state index >= 15 is 0 Å². The molecule has 0 saturated heterocycles. The Balaban J connectivity index is 6.01. The molecule has 121 valence electrons. The Morgan fingerprint density at radius 1 is 0.700 bits per heavy atom. The van der Waals surface area contributed by atoms with Crippen molar-refractivity contribution in [1.29, 1.82) is 0 Å². The zero-order chi connectivity index (χ0) is 16.6. The van der Waals surface area contributed by atoms with Gasteiger partial charge in [-0.15, -0.1) is 0 Å². The van der Waals surface area contributed by atoms with E-state index in [-0.39, 0.29) is 0 Å². The highest BCUT2D eigenvalue weighted by Crippen LogP contribution is 2.46. The van der Waals surface area contributed by atoms with Crippen LogP contribution in [0.15, 0.2) is 0 Å². The predicted molar refractivity (Wildman–Crippen MR) is 103 cm³/mol. The predicted octanol–water partition coefficient (Wildman–Crippen LogP) is 5.49. The molecule has 4 heteroatoms. The molecule has 0 rings (SSSR count). The maximum Gasteiger partial charge on any atom is 0.114 e. The van der Waals surface area contributed by atoms with Crippen LogP contribution in [0.1, 0.15) is 55.4 Å². The van der Waals surface area contributed by atoms with Gasteiger partial charge < -0.3 is 4.57 Å². The maximum absolute atomic E-state index is 2.90. The average molecular weight is 331 g/mol. The first-order chi connectivity index (χ1) is 8.64. The summed E-state index contributed by atoms with van der Waals surface area (Å²) in [5, 5.41) is 0.999. The molecule has 0 heterocycles. The summed E-state index contributed by atoms with van der Waals surface area (Å²) in [6.07, 6.45) is 0. The zero-order valence-electron chi connectivity index (χ0n) is 16.4. The van der Waals surface area contributed by atoms with Gasteiger partial charge in [0.1, 0.15) is 7.99 Å². The molecule has 0 aromatic heterocycles. The first kappa shape index (κ1) is 20.6. The van der Waals surface area contributed by atoms with E-state index in [1.165, 1.54) is 13.1 Å². The number of hydrogen-bond donors (Lipinski definition) is 0. The Morgan fingerprint density at radius 2 is 0.950 bits per heavy atom. The third-order valence-electron chi connectivity index (χ3n) is 6.01. The molecule has 0 aliphatic carbocycles. The molecular formula is C16H40NSi3. The summed E-state index contributed by atoms with van der Waals surface area (Å²) in [6, 6.07) is 0. The Morgan fingerprint density at radius 3 is 1.10 bits per heavy atom. The number of rotatable bonds is 5. The van der Waals surface area contributed by atoms with Gasteiger partial charge in [-0.1, -0.05) is 81.6 Å². The SMILES string of the molecule is CCN(CC)[Si]([Si](C)(C)C(C)(C)C)[Si](C)(C)C(C)(C)C. The molecule has 0 atom stereocenters. The van der Waals surface area contributed by atoms with Crippen LogP contribution in [0.25, 0.3) is 0 Å². The number of nitrogens with zero attached hydrogens (tertiary/aromatic N) is 1. The van der Waals surface area contributed by atoms with Gasteiger partial charge in [-0.05, 0) is 23.2 Å². The maximum atomic E-state index is 2.90. The van der Waals surface area contributed by atoms with Crippen molar-refractivity contribution in [2.24, 2.45) is 0 Å². The van der Waals surface area contributed by atoms with Gasteiger partial charge in [0, 0.05) is 0 Å². The van der Waals surface area contributed by atoms with Gasteiger partial charge in [-0.2, -0.15) is 0 Å². The van der Waals surface area contributed by atoms with Gasteiger partial charge in [-0.25, -0.2) is 0 Å². The van der Waals surface area contributed by atoms with E-state index in [2.05, 4.69) is 86.1 Å². The van der Waals surface area contributed by atoms with Crippen molar-refractivity contribution in [3.05, 3.63) is 0 Å². The fourth-order valence-electron chi connectivity index (χ4n) is 2.82. The first-order valence-electron chi connectivity index (χ1n) is 8.27. The molecular weight excluding hydrogens is 290 g/mol. The standard InChI is InChI=1S/C16H40NSi3/c1-13-17(14-2)18(19(9,10)15(3,4)5)20(11,12)16(6,7)8/h13-14H2,1-12H3. The highest BCUT2D eigenvalue weighted by molar-refractivity contribution is 7.60. The van der Waals surface area contributed by atoms with Gasteiger partial charge >= 0.3 is 0 Å². The van der Waals surface area contributed by atoms with E-state index in [1.807, 2.05) is 0 Å². The van der Waals surface area contributed by atoms with Crippen LogP contribution in [0, 0.1) is 0 Å². The minimum atomic E-state index is -1.30. The van der Waals surface area contributed by atoms with Crippen LogP contribution < -0.4 is 0 Å². The zero-order valence-corrected chi connectivity index (χ0v) is 19.4. The lowest BCUT2D eigenvalue weighted by Gasteiger charge is -2.56. The van der Waals surface area contributed by atoms with E-state index in [9.17, 15) is 0 Å². The molecule has 1 radical (unpaired) electrons. The van der Waals surface area contributed by atoms with Crippen LogP contribution in [0.4, 0.5) is 0 Å². The summed E-state index contributed by atoms with van der Waals surface area (Å²) in [7, 11) is -3.03. The van der Waals surface area contributed by atoms with Crippen LogP contribution in [0.2, 0.25) is 36.3 Å². The third-order valence-corrected chi connectivity index (χ3v) is 41.9. The lowest BCUT2D eigenvalue weighted by molar-refractivity contribution is 0.490. The molecule has 0 bridgehead atoms. The highest BCUT2D eigenvalue weighted by Gasteiger charge is 2.56. The summed E-state index contributed by atoms with van der Waals surface area (Å²) < 4.78 is 2.90. The van der Waals surface area contributed by atoms with E-state index in [4.69, 9.17) is 0 Å². The van der Waals surface area contributed by atoms with Crippen molar-refractivity contribution < 1.29 is 0 Å². The van der Waals surface area contributed by atoms with E-state index in [1.54, 1.807) is 0 Å². The summed E-state index contributed by atoms with van der Waals surface area (Å²) in [5.74, 6) is 0. The van der Waals surface area contributed by atoms with Crippen LogP contribution in [-0.2, 0) is 0 Å². The molecule has 0 amide bonds. The second-order valence-electron chi connectivity index (χ2n) is 9.27. The van der Waals surface area contributed by atoms with Crippen LogP contribution in [0.5, 0.6) is 0 Å². The molecule has 0 N–H and O–H groups in total. The molecule has 0 spiro atoms. The Bertz CT molecular complexity index is 281. The molecule has 0 saturated carbocycles. The molecule has 0 unspecified atom stereocenters. The lowest BCUT2D eigenvalue weighted by atomic mass is 10.2. The van der Waals surface area contributed by atoms with E-state index in [0.29, 0.717) is 10.1 Å². The minimum absolute atomic E-state index is 0.441. The van der Waals surface area contributed by atoms with Gasteiger partial charge in [-0.3, -0.25) is 0 Å². The van der Waals surface area contributed by atoms with E-state index in [0.717, 1.165) is 0 Å². The molecule has 0 fully saturated rings. The molecule has 0 aliphatic rings.